The van der Waals surface area contributed by atoms with Crippen LogP contribution < -0.4 is 16.8 Å². The molecule has 0 bridgehead atoms. The number of carbonyl (C=O) groups excluding carboxylic acids is 1. The van der Waals surface area contributed by atoms with Crippen LogP contribution in [-0.2, 0) is 30.8 Å². The van der Waals surface area contributed by atoms with Crippen molar-refractivity contribution < 1.29 is 4.79 Å². The zero-order valence-electron chi connectivity index (χ0n) is 20.4. The van der Waals surface area contributed by atoms with Crippen molar-refractivity contribution in [1.29, 1.82) is 0 Å². The molecule has 0 saturated heterocycles. The van der Waals surface area contributed by atoms with E-state index in [9.17, 15) is 4.79 Å². The number of aromatic nitrogens is 1. The molecule has 1 amide bonds. The van der Waals surface area contributed by atoms with Gasteiger partial charge < -0.3 is 16.8 Å². The van der Waals surface area contributed by atoms with Gasteiger partial charge in [-0.15, -0.1) is 24.8 Å². The number of aryl methyl sites for hydroxylation is 1. The van der Waals surface area contributed by atoms with Crippen molar-refractivity contribution in [3.63, 3.8) is 0 Å². The van der Waals surface area contributed by atoms with Crippen LogP contribution in [0.15, 0.2) is 48.5 Å². The number of nitrogens with zero attached hydrogens (tertiary/aromatic N) is 1. The molecule has 0 aliphatic heterocycles. The van der Waals surface area contributed by atoms with Gasteiger partial charge in [-0.3, -0.25) is 9.78 Å². The third kappa shape index (κ3) is 6.80. The van der Waals surface area contributed by atoms with Crippen LogP contribution in [0, 0.1) is 12.8 Å². The van der Waals surface area contributed by atoms with Crippen LogP contribution in [-0.4, -0.2) is 10.9 Å². The quantitative estimate of drug-likeness (QED) is 0.388. The topological polar surface area (TPSA) is 94.0 Å². The van der Waals surface area contributed by atoms with Crippen molar-refractivity contribution >= 4 is 30.7 Å². The van der Waals surface area contributed by atoms with Gasteiger partial charge in [-0.25, -0.2) is 0 Å². The van der Waals surface area contributed by atoms with Gasteiger partial charge in [-0.05, 0) is 52.6 Å². The molecule has 0 fully saturated rings. The summed E-state index contributed by atoms with van der Waals surface area (Å²) in [6.07, 6.45) is 0.870. The maximum absolute atomic E-state index is 11.6. The molecule has 7 heteroatoms. The summed E-state index contributed by atoms with van der Waals surface area (Å²) in [5.41, 5.74) is 21.8. The lowest BCUT2D eigenvalue weighted by Crippen LogP contribution is -2.19. The first kappa shape index (κ1) is 29.6. The number of rotatable bonds is 8. The molecule has 1 aromatic heterocycles. The molecule has 0 aliphatic carbocycles. The van der Waals surface area contributed by atoms with Crippen LogP contribution >= 0.6 is 24.8 Å². The number of hydrogen-bond acceptors (Lipinski definition) is 4. The summed E-state index contributed by atoms with van der Waals surface area (Å²) in [4.78, 5) is 16.6. The Morgan fingerprint density at radius 1 is 0.971 bits per heavy atom. The first-order chi connectivity index (χ1) is 15.3. The Balaban J connectivity index is 0.00000289. The number of nitrogens with one attached hydrogen (secondary N) is 1. The van der Waals surface area contributed by atoms with E-state index in [4.69, 9.17) is 16.5 Å². The summed E-state index contributed by atoms with van der Waals surface area (Å²) in [7, 11) is 0. The summed E-state index contributed by atoms with van der Waals surface area (Å²) in [5, 5.41) is 2.93. The van der Waals surface area contributed by atoms with Crippen LogP contribution in [0.4, 0.5) is 0 Å². The lowest BCUT2D eigenvalue weighted by Gasteiger charge is -2.23. The highest BCUT2D eigenvalue weighted by molar-refractivity contribution is 5.89. The SMILES string of the molecule is CC(=O)NCc1ccccc1-c1c(C)nc(CC(C)C)c(CN)c1-c1ccc(CN)cc1.Cl.Cl. The fourth-order valence-corrected chi connectivity index (χ4v) is 4.17. The van der Waals surface area contributed by atoms with E-state index in [1.54, 1.807) is 0 Å². The normalized spacial score (nSPS) is 10.4. The minimum Gasteiger partial charge on any atom is -0.352 e. The Kier molecular flexibility index (Phi) is 11.7. The van der Waals surface area contributed by atoms with Gasteiger partial charge >= 0.3 is 0 Å². The highest BCUT2D eigenvalue weighted by Gasteiger charge is 2.22. The zero-order chi connectivity index (χ0) is 23.3. The minimum absolute atomic E-state index is 0. The number of hydrogen-bond donors (Lipinski definition) is 3. The van der Waals surface area contributed by atoms with Crippen molar-refractivity contribution in [2.45, 2.75) is 53.8 Å². The number of benzene rings is 2. The summed E-state index contributed by atoms with van der Waals surface area (Å²) in [6, 6.07) is 16.6. The molecule has 1 heterocycles. The summed E-state index contributed by atoms with van der Waals surface area (Å²) >= 11 is 0. The van der Waals surface area contributed by atoms with Crippen LogP contribution in [0.3, 0.4) is 0 Å². The molecular weight excluding hydrogens is 467 g/mol. The van der Waals surface area contributed by atoms with Gasteiger partial charge in [-0.1, -0.05) is 62.4 Å². The van der Waals surface area contributed by atoms with Gasteiger partial charge in [0.15, 0.2) is 0 Å². The van der Waals surface area contributed by atoms with Crippen LogP contribution in [0.1, 0.15) is 48.8 Å². The predicted molar refractivity (Wildman–Crippen MR) is 146 cm³/mol. The van der Waals surface area contributed by atoms with Gasteiger partial charge in [0.1, 0.15) is 0 Å². The largest absolute Gasteiger partial charge is 0.352 e. The van der Waals surface area contributed by atoms with Crippen molar-refractivity contribution in [1.82, 2.24) is 10.3 Å². The summed E-state index contributed by atoms with van der Waals surface area (Å²) < 4.78 is 0. The molecule has 0 spiro atoms. The van der Waals surface area contributed by atoms with Crippen LogP contribution in [0.2, 0.25) is 0 Å². The van der Waals surface area contributed by atoms with Crippen molar-refractivity contribution in [2.24, 2.45) is 17.4 Å². The Morgan fingerprint density at radius 2 is 1.62 bits per heavy atom. The molecular formula is C27H36Cl2N4O. The summed E-state index contributed by atoms with van der Waals surface area (Å²) in [6.45, 7) is 9.36. The second-order valence-electron chi connectivity index (χ2n) is 8.64. The fourth-order valence-electron chi connectivity index (χ4n) is 4.17. The average molecular weight is 504 g/mol. The molecule has 34 heavy (non-hydrogen) atoms. The molecule has 0 atom stereocenters. The third-order valence-electron chi connectivity index (χ3n) is 5.66. The van der Waals surface area contributed by atoms with E-state index in [0.717, 1.165) is 56.8 Å². The van der Waals surface area contributed by atoms with Crippen molar-refractivity contribution in [3.05, 3.63) is 76.6 Å². The second-order valence-corrected chi connectivity index (χ2v) is 8.64. The average Bonchev–Trinajstić information content (AvgIpc) is 2.77. The minimum atomic E-state index is -0.0535. The highest BCUT2D eigenvalue weighted by atomic mass is 35.5. The molecule has 5 nitrogen and oxygen atoms in total. The van der Waals surface area contributed by atoms with E-state index in [0.29, 0.717) is 25.6 Å². The second kappa shape index (κ2) is 13.4. The van der Waals surface area contributed by atoms with Gasteiger partial charge in [0.25, 0.3) is 0 Å². The lowest BCUT2D eigenvalue weighted by atomic mass is 9.85. The smallest absolute Gasteiger partial charge is 0.217 e. The van der Waals surface area contributed by atoms with E-state index >= 15 is 0 Å². The first-order valence-corrected chi connectivity index (χ1v) is 11.2. The monoisotopic (exact) mass is 502 g/mol. The maximum Gasteiger partial charge on any atom is 0.217 e. The molecule has 0 saturated carbocycles. The Bertz CT molecular complexity index is 1100. The van der Waals surface area contributed by atoms with E-state index in [2.05, 4.69) is 62.5 Å². The van der Waals surface area contributed by atoms with E-state index in [1.807, 2.05) is 12.1 Å². The third-order valence-corrected chi connectivity index (χ3v) is 5.66. The standard InChI is InChI=1S/C27H34N4O.2ClH/c1-17(2)13-25-24(15-29)27(21-11-9-20(14-28)10-12-21)26(18(3)31-25)23-8-6-5-7-22(23)16-30-19(4)32;;/h5-12,17H,13-16,28-29H2,1-4H3,(H,30,32);2*1H. The van der Waals surface area contributed by atoms with Crippen molar-refractivity contribution in [2.75, 3.05) is 0 Å². The van der Waals surface area contributed by atoms with Gasteiger partial charge in [-0.2, -0.15) is 0 Å². The van der Waals surface area contributed by atoms with Gasteiger partial charge in [0.2, 0.25) is 5.91 Å². The fraction of sp³-hybridized carbons (Fsp3) is 0.333. The zero-order valence-corrected chi connectivity index (χ0v) is 22.0. The van der Waals surface area contributed by atoms with Gasteiger partial charge in [0.05, 0.1) is 0 Å². The maximum atomic E-state index is 11.6. The molecule has 0 unspecified atom stereocenters. The van der Waals surface area contributed by atoms with E-state index in [1.165, 1.54) is 6.92 Å². The number of carbonyl (C=O) groups is 1. The molecule has 184 valence electrons. The molecule has 2 aromatic carbocycles. The lowest BCUT2D eigenvalue weighted by molar-refractivity contribution is -0.119. The molecule has 3 rings (SSSR count). The molecule has 3 aromatic rings. The van der Waals surface area contributed by atoms with E-state index in [-0.39, 0.29) is 30.7 Å². The summed E-state index contributed by atoms with van der Waals surface area (Å²) in [5.74, 6) is 0.416. The van der Waals surface area contributed by atoms with Crippen LogP contribution in [0.5, 0.6) is 0 Å². The highest BCUT2D eigenvalue weighted by Crippen LogP contribution is 2.40. The number of nitrogens with two attached hydrogens (primary N) is 2. The van der Waals surface area contributed by atoms with Crippen molar-refractivity contribution in [3.8, 4) is 22.3 Å². The Labute approximate surface area is 215 Å². The Hall–Kier alpha value is -2.44. The van der Waals surface area contributed by atoms with Crippen LogP contribution in [0.25, 0.3) is 22.3 Å². The molecule has 0 radical (unpaired) electrons. The Morgan fingerprint density at radius 3 is 2.18 bits per heavy atom. The predicted octanol–water partition coefficient (Wildman–Crippen LogP) is 5.32. The molecule has 5 N–H and O–H groups in total. The van der Waals surface area contributed by atoms with E-state index < -0.39 is 0 Å². The number of amides is 1. The number of pyridine rings is 1. The molecule has 0 aliphatic rings. The van der Waals surface area contributed by atoms with Gasteiger partial charge in [0, 0.05) is 43.5 Å². The number of halogens is 2. The first-order valence-electron chi connectivity index (χ1n) is 11.2.